The number of hydrogen-bond donors (Lipinski definition) is 1. The second kappa shape index (κ2) is 4.95. The number of rotatable bonds is 3. The van der Waals surface area contributed by atoms with E-state index in [0.29, 0.717) is 12.0 Å². The second-order valence-electron chi connectivity index (χ2n) is 4.78. The molecule has 2 unspecified atom stereocenters. The van der Waals surface area contributed by atoms with Crippen LogP contribution in [0.5, 0.6) is 0 Å². The van der Waals surface area contributed by atoms with Crippen LogP contribution < -0.4 is 5.32 Å². The van der Waals surface area contributed by atoms with Crippen LogP contribution in [0.4, 0.5) is 0 Å². The predicted octanol–water partition coefficient (Wildman–Crippen LogP) is 2.02. The quantitative estimate of drug-likeness (QED) is 0.851. The number of nitrogens with zero attached hydrogens (tertiary/aromatic N) is 3. The van der Waals surface area contributed by atoms with Crippen LogP contribution in [0.3, 0.4) is 0 Å². The zero-order valence-electron chi connectivity index (χ0n) is 10.5. The van der Waals surface area contributed by atoms with Gasteiger partial charge < -0.3 is 9.88 Å². The third-order valence-electron chi connectivity index (χ3n) is 3.58. The van der Waals surface area contributed by atoms with Gasteiger partial charge in [-0.05, 0) is 32.7 Å². The molecule has 1 saturated heterocycles. The van der Waals surface area contributed by atoms with Gasteiger partial charge in [0.05, 0.1) is 0 Å². The van der Waals surface area contributed by atoms with Crippen molar-refractivity contribution in [2.45, 2.75) is 52.0 Å². The fraction of sp³-hybridized carbons (Fsp3) is 0.833. The first kappa shape index (κ1) is 11.6. The smallest absolute Gasteiger partial charge is 0.136 e. The van der Waals surface area contributed by atoms with Gasteiger partial charge in [0, 0.05) is 18.5 Å². The van der Waals surface area contributed by atoms with Gasteiger partial charge in [-0.3, -0.25) is 0 Å². The van der Waals surface area contributed by atoms with Crippen molar-refractivity contribution in [2.24, 2.45) is 0 Å². The lowest BCUT2D eigenvalue weighted by atomic mass is 10.0. The molecule has 1 aromatic heterocycles. The minimum absolute atomic E-state index is 0.503. The van der Waals surface area contributed by atoms with E-state index in [1.807, 2.05) is 0 Å². The largest absolute Gasteiger partial charge is 0.315 e. The average molecular weight is 222 g/mol. The highest BCUT2D eigenvalue weighted by molar-refractivity contribution is 5.03. The Labute approximate surface area is 97.5 Å². The van der Waals surface area contributed by atoms with Crippen LogP contribution in [0.25, 0.3) is 0 Å². The Kier molecular flexibility index (Phi) is 3.59. The number of aromatic nitrogens is 3. The van der Waals surface area contributed by atoms with Crippen LogP contribution in [0, 0.1) is 6.92 Å². The van der Waals surface area contributed by atoms with E-state index in [4.69, 9.17) is 0 Å². The molecule has 1 aliphatic rings. The predicted molar refractivity (Wildman–Crippen MR) is 64.6 cm³/mol. The molecule has 0 radical (unpaired) electrons. The summed E-state index contributed by atoms with van der Waals surface area (Å²) in [4.78, 5) is 0. The topological polar surface area (TPSA) is 42.7 Å². The second-order valence-corrected chi connectivity index (χ2v) is 4.78. The third-order valence-corrected chi connectivity index (χ3v) is 3.58. The molecule has 0 amide bonds. The Morgan fingerprint density at radius 2 is 2.31 bits per heavy atom. The van der Waals surface area contributed by atoms with E-state index in [-0.39, 0.29) is 0 Å². The van der Waals surface area contributed by atoms with Crippen molar-refractivity contribution < 1.29 is 0 Å². The summed E-state index contributed by atoms with van der Waals surface area (Å²) in [5, 5.41) is 12.1. The highest BCUT2D eigenvalue weighted by Gasteiger charge is 2.22. The van der Waals surface area contributed by atoms with Crippen LogP contribution >= 0.6 is 0 Å². The first-order valence-electron chi connectivity index (χ1n) is 6.36. The highest BCUT2D eigenvalue weighted by atomic mass is 15.3. The van der Waals surface area contributed by atoms with Crippen LogP contribution in [-0.4, -0.2) is 27.9 Å². The molecule has 90 valence electrons. The van der Waals surface area contributed by atoms with E-state index < -0.39 is 0 Å². The average Bonchev–Trinajstić information content (AvgIpc) is 2.71. The molecule has 0 saturated carbocycles. The van der Waals surface area contributed by atoms with E-state index in [0.717, 1.165) is 31.2 Å². The number of nitrogens with one attached hydrogen (secondary N) is 1. The molecule has 2 heterocycles. The van der Waals surface area contributed by atoms with Gasteiger partial charge in [0.25, 0.3) is 0 Å². The summed E-state index contributed by atoms with van der Waals surface area (Å²) in [5.41, 5.74) is 0. The van der Waals surface area contributed by atoms with E-state index >= 15 is 0 Å². The maximum atomic E-state index is 4.35. The summed E-state index contributed by atoms with van der Waals surface area (Å²) in [6.07, 6.45) is 3.62. The Balaban J connectivity index is 2.26. The summed E-state index contributed by atoms with van der Waals surface area (Å²) in [5.74, 6) is 2.72. The molecule has 1 aliphatic heterocycles. The van der Waals surface area contributed by atoms with Crippen LogP contribution in [0.15, 0.2) is 0 Å². The van der Waals surface area contributed by atoms with Crippen molar-refractivity contribution in [3.63, 3.8) is 0 Å². The highest BCUT2D eigenvalue weighted by Crippen LogP contribution is 2.25. The van der Waals surface area contributed by atoms with Crippen molar-refractivity contribution >= 4 is 0 Å². The fourth-order valence-electron chi connectivity index (χ4n) is 2.41. The summed E-state index contributed by atoms with van der Waals surface area (Å²) in [7, 11) is 0. The molecule has 0 spiro atoms. The molecule has 0 aromatic carbocycles. The number of piperidine rings is 1. The summed E-state index contributed by atoms with van der Waals surface area (Å²) >= 11 is 0. The van der Waals surface area contributed by atoms with Gasteiger partial charge in [-0.15, -0.1) is 10.2 Å². The molecule has 4 nitrogen and oxygen atoms in total. The lowest BCUT2D eigenvalue weighted by Crippen LogP contribution is -2.33. The summed E-state index contributed by atoms with van der Waals surface area (Å²) in [6.45, 7) is 8.71. The molecular weight excluding hydrogens is 200 g/mol. The third kappa shape index (κ3) is 2.12. The van der Waals surface area contributed by atoms with E-state index in [1.165, 1.54) is 12.8 Å². The van der Waals surface area contributed by atoms with Gasteiger partial charge in [-0.1, -0.05) is 13.8 Å². The molecule has 1 aromatic rings. The van der Waals surface area contributed by atoms with E-state index in [1.54, 1.807) is 0 Å². The van der Waals surface area contributed by atoms with Crippen LogP contribution in [-0.2, 0) is 0 Å². The van der Waals surface area contributed by atoms with E-state index in [2.05, 4.69) is 40.9 Å². The fourth-order valence-corrected chi connectivity index (χ4v) is 2.41. The van der Waals surface area contributed by atoms with Crippen LogP contribution in [0.2, 0.25) is 0 Å². The minimum Gasteiger partial charge on any atom is -0.315 e. The maximum Gasteiger partial charge on any atom is 0.136 e. The Morgan fingerprint density at radius 1 is 1.50 bits per heavy atom. The standard InChI is InChI=1S/C12H22N4/c1-4-9(2)12-15-14-10(3)16(12)11-6-5-7-13-8-11/h9,11,13H,4-8H2,1-3H3. The maximum absolute atomic E-state index is 4.35. The van der Waals surface area contributed by atoms with Crippen molar-refractivity contribution in [3.05, 3.63) is 11.6 Å². The zero-order chi connectivity index (χ0) is 11.5. The molecule has 1 fully saturated rings. The molecule has 1 N–H and O–H groups in total. The van der Waals surface area contributed by atoms with Crippen molar-refractivity contribution in [2.75, 3.05) is 13.1 Å². The van der Waals surface area contributed by atoms with Crippen LogP contribution in [0.1, 0.15) is 56.7 Å². The van der Waals surface area contributed by atoms with Crippen molar-refractivity contribution in [1.29, 1.82) is 0 Å². The molecular formula is C12H22N4. The van der Waals surface area contributed by atoms with Crippen molar-refractivity contribution in [3.8, 4) is 0 Å². The lowest BCUT2D eigenvalue weighted by Gasteiger charge is -2.27. The summed E-state index contributed by atoms with van der Waals surface area (Å²) in [6, 6.07) is 0.549. The number of hydrogen-bond acceptors (Lipinski definition) is 3. The zero-order valence-corrected chi connectivity index (χ0v) is 10.5. The normalized spacial score (nSPS) is 23.3. The Bertz CT molecular complexity index is 339. The van der Waals surface area contributed by atoms with Gasteiger partial charge >= 0.3 is 0 Å². The molecule has 2 atom stereocenters. The summed E-state index contributed by atoms with van der Waals surface area (Å²) < 4.78 is 2.35. The number of aryl methyl sites for hydroxylation is 1. The molecule has 4 heteroatoms. The molecule has 0 bridgehead atoms. The first-order chi connectivity index (χ1) is 7.74. The lowest BCUT2D eigenvalue weighted by molar-refractivity contribution is 0.353. The van der Waals surface area contributed by atoms with Crippen molar-refractivity contribution in [1.82, 2.24) is 20.1 Å². The van der Waals surface area contributed by atoms with Gasteiger partial charge in [0.1, 0.15) is 11.6 Å². The van der Waals surface area contributed by atoms with Gasteiger partial charge in [0.2, 0.25) is 0 Å². The molecule has 16 heavy (non-hydrogen) atoms. The molecule has 0 aliphatic carbocycles. The Hall–Kier alpha value is -0.900. The monoisotopic (exact) mass is 222 g/mol. The van der Waals surface area contributed by atoms with Gasteiger partial charge in [0.15, 0.2) is 0 Å². The van der Waals surface area contributed by atoms with Gasteiger partial charge in [-0.2, -0.15) is 0 Å². The molecule has 2 rings (SSSR count). The SMILES string of the molecule is CCC(C)c1nnc(C)n1C1CCCNC1. The Morgan fingerprint density at radius 3 is 2.94 bits per heavy atom. The van der Waals surface area contributed by atoms with E-state index in [9.17, 15) is 0 Å². The van der Waals surface area contributed by atoms with Gasteiger partial charge in [-0.25, -0.2) is 0 Å². The minimum atomic E-state index is 0.503. The first-order valence-corrected chi connectivity index (χ1v) is 6.36.